The van der Waals surface area contributed by atoms with Gasteiger partial charge in [-0.1, -0.05) is 6.07 Å². The lowest BCUT2D eigenvalue weighted by Gasteiger charge is -2.26. The van der Waals surface area contributed by atoms with Gasteiger partial charge in [0.2, 0.25) is 5.91 Å². The van der Waals surface area contributed by atoms with E-state index in [4.69, 9.17) is 0 Å². The zero-order valence-corrected chi connectivity index (χ0v) is 13.4. The van der Waals surface area contributed by atoms with Crippen molar-refractivity contribution in [1.82, 2.24) is 10.2 Å². The average Bonchev–Trinajstić information content (AvgIpc) is 2.53. The fourth-order valence-corrected chi connectivity index (χ4v) is 2.55. The number of anilines is 1. The van der Waals surface area contributed by atoms with Gasteiger partial charge in [0.1, 0.15) is 0 Å². The van der Waals surface area contributed by atoms with E-state index in [9.17, 15) is 9.59 Å². The lowest BCUT2D eigenvalue weighted by Crippen LogP contribution is -2.39. The number of likely N-dealkylation sites (tertiary alicyclic amines) is 1. The Morgan fingerprint density at radius 3 is 2.59 bits per heavy atom. The van der Waals surface area contributed by atoms with Crippen molar-refractivity contribution in [3.8, 4) is 0 Å². The molecular weight excluding hydrogens is 278 g/mol. The van der Waals surface area contributed by atoms with Crippen LogP contribution in [0.3, 0.4) is 0 Å². The number of carbonyl (C=O) groups excluding carboxylic acids is 2. The molecule has 1 aromatic carbocycles. The summed E-state index contributed by atoms with van der Waals surface area (Å²) in [5, 5.41) is 5.98. The number of nitrogens with one attached hydrogen (secondary N) is 2. The Bertz CT molecular complexity index is 522. The molecule has 0 aliphatic carbocycles. The molecule has 2 N–H and O–H groups in total. The zero-order chi connectivity index (χ0) is 15.9. The highest BCUT2D eigenvalue weighted by molar-refractivity contribution is 5.95. The normalized spacial score (nSPS) is 14.8. The highest BCUT2D eigenvalue weighted by Crippen LogP contribution is 2.12. The quantitative estimate of drug-likeness (QED) is 0.877. The SMILES string of the molecule is CC(C)NC(=O)c1cccc(NCC(=O)N2CCCCC2)c1. The number of benzene rings is 1. The van der Waals surface area contributed by atoms with Crippen LogP contribution in [0.5, 0.6) is 0 Å². The maximum Gasteiger partial charge on any atom is 0.251 e. The van der Waals surface area contributed by atoms with E-state index in [0.29, 0.717) is 5.56 Å². The molecule has 1 aromatic rings. The summed E-state index contributed by atoms with van der Waals surface area (Å²) >= 11 is 0. The van der Waals surface area contributed by atoms with Gasteiger partial charge in [-0.15, -0.1) is 0 Å². The van der Waals surface area contributed by atoms with E-state index in [1.807, 2.05) is 30.9 Å². The molecular formula is C17H25N3O2. The van der Waals surface area contributed by atoms with Gasteiger partial charge in [0, 0.05) is 30.4 Å². The van der Waals surface area contributed by atoms with Gasteiger partial charge in [0.15, 0.2) is 0 Å². The van der Waals surface area contributed by atoms with Crippen LogP contribution in [0.15, 0.2) is 24.3 Å². The first-order chi connectivity index (χ1) is 10.6. The van der Waals surface area contributed by atoms with Gasteiger partial charge < -0.3 is 15.5 Å². The molecule has 0 saturated carbocycles. The third-order valence-corrected chi connectivity index (χ3v) is 3.70. The van der Waals surface area contributed by atoms with Crippen molar-refractivity contribution in [2.45, 2.75) is 39.2 Å². The van der Waals surface area contributed by atoms with Crippen molar-refractivity contribution in [2.24, 2.45) is 0 Å². The number of hydrogen-bond acceptors (Lipinski definition) is 3. The van der Waals surface area contributed by atoms with E-state index >= 15 is 0 Å². The fourth-order valence-electron chi connectivity index (χ4n) is 2.55. The molecule has 0 radical (unpaired) electrons. The summed E-state index contributed by atoms with van der Waals surface area (Å²) in [7, 11) is 0. The molecule has 1 aliphatic heterocycles. The lowest BCUT2D eigenvalue weighted by atomic mass is 10.1. The Kier molecular flexibility index (Phi) is 5.81. The van der Waals surface area contributed by atoms with Gasteiger partial charge >= 0.3 is 0 Å². The maximum absolute atomic E-state index is 12.1. The Hall–Kier alpha value is -2.04. The molecule has 0 unspecified atom stereocenters. The largest absolute Gasteiger partial charge is 0.376 e. The predicted octanol–water partition coefficient (Wildman–Crippen LogP) is 2.25. The molecule has 5 nitrogen and oxygen atoms in total. The second-order valence-corrected chi connectivity index (χ2v) is 6.00. The molecule has 1 aliphatic rings. The van der Waals surface area contributed by atoms with E-state index in [-0.39, 0.29) is 24.4 Å². The van der Waals surface area contributed by atoms with Gasteiger partial charge in [0.05, 0.1) is 6.54 Å². The van der Waals surface area contributed by atoms with Gasteiger partial charge in [-0.3, -0.25) is 9.59 Å². The molecule has 0 aromatic heterocycles. The first-order valence-corrected chi connectivity index (χ1v) is 7.99. The number of nitrogens with zero attached hydrogens (tertiary/aromatic N) is 1. The average molecular weight is 303 g/mol. The molecule has 120 valence electrons. The van der Waals surface area contributed by atoms with Gasteiger partial charge in [-0.2, -0.15) is 0 Å². The van der Waals surface area contributed by atoms with Crippen molar-refractivity contribution in [2.75, 3.05) is 25.0 Å². The molecule has 5 heteroatoms. The molecule has 2 rings (SSSR count). The van der Waals surface area contributed by atoms with Crippen LogP contribution in [0.4, 0.5) is 5.69 Å². The number of piperidine rings is 1. The summed E-state index contributed by atoms with van der Waals surface area (Å²) in [6.45, 7) is 5.85. The Balaban J connectivity index is 1.90. The Labute approximate surface area is 132 Å². The van der Waals surface area contributed by atoms with Crippen LogP contribution < -0.4 is 10.6 Å². The van der Waals surface area contributed by atoms with E-state index in [1.54, 1.807) is 12.1 Å². The molecule has 0 bridgehead atoms. The van der Waals surface area contributed by atoms with Gasteiger partial charge in [-0.05, 0) is 51.3 Å². The summed E-state index contributed by atoms with van der Waals surface area (Å²) in [5.74, 6) is 0.0257. The molecule has 1 fully saturated rings. The highest BCUT2D eigenvalue weighted by Gasteiger charge is 2.16. The molecule has 2 amide bonds. The monoisotopic (exact) mass is 303 g/mol. The van der Waals surface area contributed by atoms with Crippen molar-refractivity contribution >= 4 is 17.5 Å². The predicted molar refractivity (Wildman–Crippen MR) is 88.0 cm³/mol. The van der Waals surface area contributed by atoms with E-state index in [0.717, 1.165) is 31.6 Å². The smallest absolute Gasteiger partial charge is 0.251 e. The number of amides is 2. The lowest BCUT2D eigenvalue weighted by molar-refractivity contribution is -0.130. The van der Waals surface area contributed by atoms with Crippen LogP contribution in [-0.2, 0) is 4.79 Å². The van der Waals surface area contributed by atoms with E-state index in [2.05, 4.69) is 10.6 Å². The Morgan fingerprint density at radius 2 is 1.91 bits per heavy atom. The molecule has 0 atom stereocenters. The first kappa shape index (κ1) is 16.3. The molecule has 0 spiro atoms. The van der Waals surface area contributed by atoms with Gasteiger partial charge in [-0.25, -0.2) is 0 Å². The second-order valence-electron chi connectivity index (χ2n) is 6.00. The van der Waals surface area contributed by atoms with Crippen LogP contribution in [0.2, 0.25) is 0 Å². The summed E-state index contributed by atoms with van der Waals surface area (Å²) in [5.41, 5.74) is 1.39. The molecule has 1 saturated heterocycles. The van der Waals surface area contributed by atoms with Crippen molar-refractivity contribution < 1.29 is 9.59 Å². The van der Waals surface area contributed by atoms with Crippen LogP contribution >= 0.6 is 0 Å². The number of carbonyl (C=O) groups is 2. The fraction of sp³-hybridized carbons (Fsp3) is 0.529. The molecule has 22 heavy (non-hydrogen) atoms. The van der Waals surface area contributed by atoms with Crippen molar-refractivity contribution in [1.29, 1.82) is 0 Å². The zero-order valence-electron chi connectivity index (χ0n) is 13.4. The summed E-state index contributed by atoms with van der Waals surface area (Å²) in [6.07, 6.45) is 3.40. The van der Waals surface area contributed by atoms with Crippen LogP contribution in [0, 0.1) is 0 Å². The van der Waals surface area contributed by atoms with Crippen LogP contribution in [0.1, 0.15) is 43.5 Å². The minimum absolute atomic E-state index is 0.0963. The van der Waals surface area contributed by atoms with Gasteiger partial charge in [0.25, 0.3) is 5.91 Å². The number of rotatable bonds is 5. The number of hydrogen-bond donors (Lipinski definition) is 2. The second kappa shape index (κ2) is 7.82. The third-order valence-electron chi connectivity index (χ3n) is 3.70. The maximum atomic E-state index is 12.1. The van der Waals surface area contributed by atoms with Crippen molar-refractivity contribution in [3.63, 3.8) is 0 Å². The Morgan fingerprint density at radius 1 is 1.18 bits per heavy atom. The standard InChI is InChI=1S/C17H25N3O2/c1-13(2)19-17(22)14-7-6-8-15(11-14)18-12-16(21)20-9-4-3-5-10-20/h6-8,11,13,18H,3-5,9-10,12H2,1-2H3,(H,19,22). The minimum atomic E-state index is -0.0963. The van der Waals surface area contributed by atoms with E-state index < -0.39 is 0 Å². The molecule has 1 heterocycles. The summed E-state index contributed by atoms with van der Waals surface area (Å²) in [6, 6.07) is 7.35. The van der Waals surface area contributed by atoms with Crippen molar-refractivity contribution in [3.05, 3.63) is 29.8 Å². The van der Waals surface area contributed by atoms with Crippen LogP contribution in [-0.4, -0.2) is 42.4 Å². The summed E-state index contributed by atoms with van der Waals surface area (Å²) in [4.78, 5) is 26.0. The minimum Gasteiger partial charge on any atom is -0.376 e. The highest BCUT2D eigenvalue weighted by atomic mass is 16.2. The summed E-state index contributed by atoms with van der Waals surface area (Å²) < 4.78 is 0. The topological polar surface area (TPSA) is 61.4 Å². The third kappa shape index (κ3) is 4.76. The first-order valence-electron chi connectivity index (χ1n) is 7.99. The van der Waals surface area contributed by atoms with Crippen LogP contribution in [0.25, 0.3) is 0 Å². The van der Waals surface area contributed by atoms with E-state index in [1.165, 1.54) is 6.42 Å².